The molecule has 17 heavy (non-hydrogen) atoms. The number of carboxylic acids is 1. The lowest BCUT2D eigenvalue weighted by atomic mass is 9.93. The van der Waals surface area contributed by atoms with Crippen molar-refractivity contribution in [2.24, 2.45) is 0 Å². The number of benzene rings is 1. The Morgan fingerprint density at radius 1 is 1.35 bits per heavy atom. The van der Waals surface area contributed by atoms with E-state index in [1.54, 1.807) is 0 Å². The average molecular weight is 299 g/mol. The first kappa shape index (κ1) is 14.2. The van der Waals surface area contributed by atoms with Gasteiger partial charge in [-0.25, -0.2) is 0 Å². The van der Waals surface area contributed by atoms with Crippen LogP contribution in [-0.4, -0.2) is 11.1 Å². The van der Waals surface area contributed by atoms with Crippen molar-refractivity contribution in [1.29, 1.82) is 0 Å². The lowest BCUT2D eigenvalue weighted by Gasteiger charge is -2.12. The van der Waals surface area contributed by atoms with Crippen molar-refractivity contribution in [1.82, 2.24) is 0 Å². The summed E-state index contributed by atoms with van der Waals surface area (Å²) in [6.07, 6.45) is 5.19. The summed E-state index contributed by atoms with van der Waals surface area (Å²) in [5, 5.41) is 9.26. The van der Waals surface area contributed by atoms with Crippen molar-refractivity contribution in [3.05, 3.63) is 34.3 Å². The van der Waals surface area contributed by atoms with Gasteiger partial charge in [-0.15, -0.1) is 0 Å². The lowest BCUT2D eigenvalue weighted by Crippen LogP contribution is -2.11. The summed E-state index contributed by atoms with van der Waals surface area (Å²) in [5.41, 5.74) is 0.892. The van der Waals surface area contributed by atoms with Crippen LogP contribution >= 0.6 is 15.9 Å². The molecule has 3 heteroatoms. The highest BCUT2D eigenvalue weighted by molar-refractivity contribution is 9.10. The zero-order chi connectivity index (χ0) is 12.7. The highest BCUT2D eigenvalue weighted by Gasteiger charge is 2.19. The van der Waals surface area contributed by atoms with Gasteiger partial charge >= 0.3 is 5.97 Å². The molecule has 2 nitrogen and oxygen atoms in total. The van der Waals surface area contributed by atoms with Gasteiger partial charge in [-0.05, 0) is 24.1 Å². The first-order valence-corrected chi connectivity index (χ1v) is 6.92. The van der Waals surface area contributed by atoms with E-state index in [0.29, 0.717) is 0 Å². The van der Waals surface area contributed by atoms with Crippen LogP contribution in [0.5, 0.6) is 0 Å². The van der Waals surface area contributed by atoms with Gasteiger partial charge in [0.15, 0.2) is 0 Å². The number of halogens is 1. The van der Waals surface area contributed by atoms with Crippen molar-refractivity contribution >= 4 is 21.9 Å². The van der Waals surface area contributed by atoms with Crippen molar-refractivity contribution < 1.29 is 9.90 Å². The minimum absolute atomic E-state index is 0.371. The molecule has 94 valence electrons. The lowest BCUT2D eigenvalue weighted by molar-refractivity contribution is -0.139. The summed E-state index contributed by atoms with van der Waals surface area (Å²) >= 11 is 3.38. The maximum Gasteiger partial charge on any atom is 0.310 e. The van der Waals surface area contributed by atoms with Crippen LogP contribution in [0.25, 0.3) is 0 Å². The Hall–Kier alpha value is -0.830. The molecular weight excluding hydrogens is 280 g/mol. The third-order valence-electron chi connectivity index (χ3n) is 2.90. The molecule has 0 amide bonds. The van der Waals surface area contributed by atoms with Gasteiger partial charge in [-0.2, -0.15) is 0 Å². The molecule has 1 aromatic rings. The highest BCUT2D eigenvalue weighted by atomic mass is 79.9. The number of hydrogen-bond donors (Lipinski definition) is 1. The summed E-state index contributed by atoms with van der Waals surface area (Å²) in [4.78, 5) is 11.3. The fourth-order valence-corrected chi connectivity index (χ4v) is 2.35. The number of carbonyl (C=O) groups is 1. The monoisotopic (exact) mass is 298 g/mol. The van der Waals surface area contributed by atoms with Gasteiger partial charge in [0.05, 0.1) is 5.92 Å². The molecule has 0 fully saturated rings. The molecule has 0 radical (unpaired) electrons. The second-order valence-corrected chi connectivity index (χ2v) is 5.21. The van der Waals surface area contributed by atoms with Crippen molar-refractivity contribution in [3.63, 3.8) is 0 Å². The molecule has 0 aromatic heterocycles. The third kappa shape index (κ3) is 4.90. The molecule has 1 N–H and O–H groups in total. The van der Waals surface area contributed by atoms with Crippen LogP contribution in [-0.2, 0) is 4.79 Å². The molecule has 0 aliphatic rings. The van der Waals surface area contributed by atoms with Gasteiger partial charge in [0.25, 0.3) is 0 Å². The molecule has 0 spiro atoms. The molecule has 0 aliphatic carbocycles. The first-order chi connectivity index (χ1) is 8.15. The summed E-state index contributed by atoms with van der Waals surface area (Å²) in [6, 6.07) is 7.60. The molecule has 1 aromatic carbocycles. The molecule has 1 rings (SSSR count). The molecular formula is C14H19BrO2. The zero-order valence-electron chi connectivity index (χ0n) is 10.2. The van der Waals surface area contributed by atoms with Crippen LogP contribution in [0, 0.1) is 0 Å². The van der Waals surface area contributed by atoms with Gasteiger partial charge in [0.1, 0.15) is 0 Å². The topological polar surface area (TPSA) is 37.3 Å². The number of carboxylic acid groups (broad SMARTS) is 1. The van der Waals surface area contributed by atoms with E-state index in [2.05, 4.69) is 22.9 Å². The van der Waals surface area contributed by atoms with Crippen molar-refractivity contribution in [2.75, 3.05) is 0 Å². The van der Waals surface area contributed by atoms with E-state index in [1.165, 1.54) is 12.8 Å². The molecule has 1 atom stereocenters. The highest BCUT2D eigenvalue weighted by Crippen LogP contribution is 2.25. The SMILES string of the molecule is CCCCCCC(C(=O)O)c1cccc(Br)c1. The predicted octanol–water partition coefficient (Wildman–Crippen LogP) is 4.59. The molecule has 0 bridgehead atoms. The maximum absolute atomic E-state index is 11.3. The Bertz CT molecular complexity index is 363. The summed E-state index contributed by atoms with van der Waals surface area (Å²) in [6.45, 7) is 2.16. The normalized spacial score (nSPS) is 12.4. The number of rotatable bonds is 7. The van der Waals surface area contributed by atoms with Crippen molar-refractivity contribution in [3.8, 4) is 0 Å². The van der Waals surface area contributed by atoms with E-state index in [-0.39, 0.29) is 5.92 Å². The summed E-state index contributed by atoms with van der Waals surface area (Å²) < 4.78 is 0.940. The molecule has 0 saturated carbocycles. The van der Waals surface area contributed by atoms with Crippen LogP contribution in [0.3, 0.4) is 0 Å². The van der Waals surface area contributed by atoms with E-state index >= 15 is 0 Å². The molecule has 0 saturated heterocycles. The summed E-state index contributed by atoms with van der Waals surface area (Å²) in [5.74, 6) is -1.09. The molecule has 0 heterocycles. The Kier molecular flexibility index (Phi) is 6.27. The van der Waals surface area contributed by atoms with Crippen LogP contribution in [0.2, 0.25) is 0 Å². The fraction of sp³-hybridized carbons (Fsp3) is 0.500. The van der Waals surface area contributed by atoms with E-state index in [0.717, 1.165) is 29.3 Å². The largest absolute Gasteiger partial charge is 0.481 e. The number of aliphatic carboxylic acids is 1. The maximum atomic E-state index is 11.3. The van der Waals surface area contributed by atoms with Crippen LogP contribution < -0.4 is 0 Å². The van der Waals surface area contributed by atoms with Gasteiger partial charge in [0.2, 0.25) is 0 Å². The Morgan fingerprint density at radius 2 is 2.12 bits per heavy atom. The Labute approximate surface area is 111 Å². The van der Waals surface area contributed by atoms with Gasteiger partial charge < -0.3 is 5.11 Å². The van der Waals surface area contributed by atoms with Crippen molar-refractivity contribution in [2.45, 2.75) is 44.9 Å². The first-order valence-electron chi connectivity index (χ1n) is 6.13. The van der Waals surface area contributed by atoms with E-state index in [1.807, 2.05) is 24.3 Å². The van der Waals surface area contributed by atoms with E-state index in [9.17, 15) is 9.90 Å². The third-order valence-corrected chi connectivity index (χ3v) is 3.39. The van der Waals surface area contributed by atoms with Crippen LogP contribution in [0.4, 0.5) is 0 Å². The minimum Gasteiger partial charge on any atom is -0.481 e. The Morgan fingerprint density at radius 3 is 2.71 bits per heavy atom. The number of hydrogen-bond acceptors (Lipinski definition) is 1. The quantitative estimate of drug-likeness (QED) is 0.748. The van der Waals surface area contributed by atoms with Gasteiger partial charge in [-0.3, -0.25) is 4.79 Å². The molecule has 1 unspecified atom stereocenters. The zero-order valence-corrected chi connectivity index (χ0v) is 11.7. The molecule has 0 aliphatic heterocycles. The van der Waals surface area contributed by atoms with Gasteiger partial charge in [-0.1, -0.05) is 60.7 Å². The predicted molar refractivity (Wildman–Crippen MR) is 73.3 cm³/mol. The average Bonchev–Trinajstić information content (AvgIpc) is 2.28. The standard InChI is InChI=1S/C14H19BrO2/c1-2-3-4-5-9-13(14(16)17)11-7-6-8-12(15)10-11/h6-8,10,13H,2-5,9H2,1H3,(H,16,17). The number of unbranched alkanes of at least 4 members (excludes halogenated alkanes) is 3. The van der Waals surface area contributed by atoms with Crippen LogP contribution in [0.1, 0.15) is 50.5 Å². The van der Waals surface area contributed by atoms with Crippen LogP contribution in [0.15, 0.2) is 28.7 Å². The van der Waals surface area contributed by atoms with E-state index in [4.69, 9.17) is 0 Å². The minimum atomic E-state index is -0.723. The second-order valence-electron chi connectivity index (χ2n) is 4.30. The Balaban J connectivity index is 2.63. The van der Waals surface area contributed by atoms with Gasteiger partial charge in [0, 0.05) is 4.47 Å². The fourth-order valence-electron chi connectivity index (χ4n) is 1.93. The smallest absolute Gasteiger partial charge is 0.310 e. The van der Waals surface area contributed by atoms with E-state index < -0.39 is 5.97 Å². The summed E-state index contributed by atoms with van der Waals surface area (Å²) in [7, 11) is 0. The second kappa shape index (κ2) is 7.49.